The summed E-state index contributed by atoms with van der Waals surface area (Å²) in [5, 5.41) is 0.471. The van der Waals surface area contributed by atoms with Crippen molar-refractivity contribution in [2.45, 2.75) is 50.6 Å². The second-order valence-electron chi connectivity index (χ2n) is 6.23. The quantitative estimate of drug-likeness (QED) is 0.797. The second kappa shape index (κ2) is 6.59. The third-order valence-electron chi connectivity index (χ3n) is 4.12. The van der Waals surface area contributed by atoms with E-state index in [2.05, 4.69) is 0 Å². The number of hydrogen-bond acceptors (Lipinski definition) is 3. The summed E-state index contributed by atoms with van der Waals surface area (Å²) in [7, 11) is -3.64. The van der Waals surface area contributed by atoms with Crippen LogP contribution in [0, 0.1) is 5.92 Å². The Labute approximate surface area is 137 Å². The first-order valence-electron chi connectivity index (χ1n) is 7.52. The number of carbonyl (C=O) groups excluding carboxylic acids is 1. The van der Waals surface area contributed by atoms with Crippen molar-refractivity contribution >= 4 is 27.3 Å². The number of sulfone groups is 1. The van der Waals surface area contributed by atoms with Gasteiger partial charge in [0.1, 0.15) is 5.75 Å². The molecule has 0 saturated heterocycles. The van der Waals surface area contributed by atoms with Crippen molar-refractivity contribution in [3.63, 3.8) is 0 Å². The highest BCUT2D eigenvalue weighted by Crippen LogP contribution is 2.31. The predicted molar refractivity (Wildman–Crippen MR) is 87.7 cm³/mol. The summed E-state index contributed by atoms with van der Waals surface area (Å²) in [4.78, 5) is 14.4. The Morgan fingerprint density at radius 1 is 1.23 bits per heavy atom. The molecule has 6 heteroatoms. The fourth-order valence-electron chi connectivity index (χ4n) is 2.40. The lowest BCUT2D eigenvalue weighted by molar-refractivity contribution is -0.131. The van der Waals surface area contributed by atoms with Gasteiger partial charge in [0.05, 0.1) is 4.90 Å². The highest BCUT2D eigenvalue weighted by Gasteiger charge is 2.38. The van der Waals surface area contributed by atoms with Crippen molar-refractivity contribution in [3.8, 4) is 0 Å². The Balaban J connectivity index is 2.16. The Morgan fingerprint density at radius 2 is 1.77 bits per heavy atom. The number of amides is 1. The first-order valence-corrected chi connectivity index (χ1v) is 9.55. The first kappa shape index (κ1) is 17.3. The zero-order valence-electron chi connectivity index (χ0n) is 13.1. The van der Waals surface area contributed by atoms with Gasteiger partial charge in [0, 0.05) is 17.1 Å². The van der Waals surface area contributed by atoms with E-state index in [4.69, 9.17) is 11.6 Å². The van der Waals surface area contributed by atoms with Gasteiger partial charge in [0.25, 0.3) is 0 Å². The maximum Gasteiger partial charge on any atom is 0.238 e. The van der Waals surface area contributed by atoms with Crippen molar-refractivity contribution in [3.05, 3.63) is 29.3 Å². The van der Waals surface area contributed by atoms with Crippen LogP contribution in [0.4, 0.5) is 0 Å². The molecule has 0 spiro atoms. The van der Waals surface area contributed by atoms with Gasteiger partial charge in [0.2, 0.25) is 5.91 Å². The molecule has 1 amide bonds. The van der Waals surface area contributed by atoms with Crippen LogP contribution in [0.3, 0.4) is 0 Å². The molecule has 0 bridgehead atoms. The third-order valence-corrected chi connectivity index (χ3v) is 5.99. The number of halogens is 1. The average molecular weight is 344 g/mol. The Hall–Kier alpha value is -1.07. The molecular formula is C16H22ClNO3S. The van der Waals surface area contributed by atoms with Gasteiger partial charge in [-0.05, 0) is 49.9 Å². The van der Waals surface area contributed by atoms with Crippen LogP contribution in [-0.2, 0) is 14.6 Å². The van der Waals surface area contributed by atoms with E-state index in [0.29, 0.717) is 10.9 Å². The van der Waals surface area contributed by atoms with Crippen LogP contribution in [-0.4, -0.2) is 37.1 Å². The molecule has 1 saturated carbocycles. The molecule has 1 atom stereocenters. The van der Waals surface area contributed by atoms with E-state index < -0.39 is 15.6 Å². The second-order valence-corrected chi connectivity index (χ2v) is 8.66. The van der Waals surface area contributed by atoms with Crippen molar-refractivity contribution in [1.29, 1.82) is 0 Å². The lowest BCUT2D eigenvalue weighted by Crippen LogP contribution is -2.45. The maximum atomic E-state index is 12.5. The summed E-state index contributed by atoms with van der Waals surface area (Å²) >= 11 is 5.77. The van der Waals surface area contributed by atoms with Crippen LogP contribution in [0.1, 0.15) is 33.6 Å². The lowest BCUT2D eigenvalue weighted by Gasteiger charge is -2.32. The molecule has 22 heavy (non-hydrogen) atoms. The van der Waals surface area contributed by atoms with Crippen LogP contribution in [0.2, 0.25) is 5.02 Å². The highest BCUT2D eigenvalue weighted by atomic mass is 35.5. The SMILES string of the molecule is CC(C)C(C)N(C(=O)CS(=O)(=O)c1ccc(Cl)cc1)C1CC1. The zero-order valence-corrected chi connectivity index (χ0v) is 14.7. The van der Waals surface area contributed by atoms with Gasteiger partial charge in [-0.2, -0.15) is 0 Å². The van der Waals surface area contributed by atoms with E-state index in [1.54, 1.807) is 4.90 Å². The average Bonchev–Trinajstić information content (AvgIpc) is 3.23. The normalized spacial score (nSPS) is 16.6. The largest absolute Gasteiger partial charge is 0.336 e. The molecule has 2 rings (SSSR count). The third kappa shape index (κ3) is 4.02. The molecule has 4 nitrogen and oxygen atoms in total. The first-order chi connectivity index (χ1) is 10.2. The van der Waals surface area contributed by atoms with Gasteiger partial charge < -0.3 is 4.90 Å². The van der Waals surface area contributed by atoms with Crippen LogP contribution in [0.5, 0.6) is 0 Å². The van der Waals surface area contributed by atoms with E-state index in [9.17, 15) is 13.2 Å². The monoisotopic (exact) mass is 343 g/mol. The Bertz CT molecular complexity index is 636. The topological polar surface area (TPSA) is 54.5 Å². The predicted octanol–water partition coefficient (Wildman–Crippen LogP) is 3.15. The molecule has 1 aliphatic rings. The molecule has 0 aromatic heterocycles. The summed E-state index contributed by atoms with van der Waals surface area (Å²) < 4.78 is 24.8. The van der Waals surface area contributed by atoms with Gasteiger partial charge in [-0.25, -0.2) is 8.42 Å². The smallest absolute Gasteiger partial charge is 0.238 e. The van der Waals surface area contributed by atoms with Crippen molar-refractivity contribution in [2.24, 2.45) is 5.92 Å². The summed E-state index contributed by atoms with van der Waals surface area (Å²) in [6.45, 7) is 6.07. The van der Waals surface area contributed by atoms with E-state index in [1.807, 2.05) is 20.8 Å². The molecule has 1 aromatic rings. The molecule has 1 aliphatic carbocycles. The van der Waals surface area contributed by atoms with E-state index in [-0.39, 0.29) is 22.9 Å². The van der Waals surface area contributed by atoms with Gasteiger partial charge in [-0.3, -0.25) is 4.79 Å². The number of rotatable bonds is 6. The summed E-state index contributed by atoms with van der Waals surface area (Å²) in [6.07, 6.45) is 1.92. The molecular weight excluding hydrogens is 322 g/mol. The molecule has 122 valence electrons. The van der Waals surface area contributed by atoms with E-state index in [1.165, 1.54) is 24.3 Å². The van der Waals surface area contributed by atoms with Crippen molar-refractivity contribution in [2.75, 3.05) is 5.75 Å². The number of hydrogen-bond donors (Lipinski definition) is 0. The fourth-order valence-corrected chi connectivity index (χ4v) is 3.72. The fraction of sp³-hybridized carbons (Fsp3) is 0.562. The summed E-state index contributed by atoms with van der Waals surface area (Å²) in [6, 6.07) is 6.17. The maximum absolute atomic E-state index is 12.5. The minimum atomic E-state index is -3.64. The van der Waals surface area contributed by atoms with Crippen LogP contribution < -0.4 is 0 Å². The van der Waals surface area contributed by atoms with Gasteiger partial charge in [0.15, 0.2) is 9.84 Å². The molecule has 1 aromatic carbocycles. The van der Waals surface area contributed by atoms with Crippen LogP contribution in [0.25, 0.3) is 0 Å². The Morgan fingerprint density at radius 3 is 2.23 bits per heavy atom. The molecule has 1 unspecified atom stereocenters. The van der Waals surface area contributed by atoms with E-state index >= 15 is 0 Å². The standard InChI is InChI=1S/C16H22ClNO3S/c1-11(2)12(3)18(14-6-7-14)16(19)10-22(20,21)15-8-4-13(17)5-9-15/h4-5,8-9,11-12,14H,6-7,10H2,1-3H3. The van der Waals surface area contributed by atoms with Gasteiger partial charge >= 0.3 is 0 Å². The molecule has 1 fully saturated rings. The van der Waals surface area contributed by atoms with Gasteiger partial charge in [-0.15, -0.1) is 0 Å². The number of benzene rings is 1. The molecule has 0 radical (unpaired) electrons. The zero-order chi connectivity index (χ0) is 16.5. The highest BCUT2D eigenvalue weighted by molar-refractivity contribution is 7.92. The van der Waals surface area contributed by atoms with Crippen LogP contribution >= 0.6 is 11.6 Å². The minimum Gasteiger partial charge on any atom is -0.336 e. The Kier molecular flexibility index (Phi) is 5.17. The van der Waals surface area contributed by atoms with Gasteiger partial charge in [-0.1, -0.05) is 25.4 Å². The van der Waals surface area contributed by atoms with Crippen LogP contribution in [0.15, 0.2) is 29.2 Å². The molecule has 0 aliphatic heterocycles. The summed E-state index contributed by atoms with van der Waals surface area (Å²) in [5.74, 6) is -0.496. The lowest BCUT2D eigenvalue weighted by atomic mass is 10.0. The van der Waals surface area contributed by atoms with Crippen molar-refractivity contribution < 1.29 is 13.2 Å². The van der Waals surface area contributed by atoms with Crippen molar-refractivity contribution in [1.82, 2.24) is 4.90 Å². The molecule has 0 heterocycles. The van der Waals surface area contributed by atoms with E-state index in [0.717, 1.165) is 12.8 Å². The number of nitrogens with zero attached hydrogens (tertiary/aromatic N) is 1. The summed E-state index contributed by atoms with van der Waals surface area (Å²) in [5.41, 5.74) is 0. The number of carbonyl (C=O) groups is 1. The molecule has 0 N–H and O–H groups in total. The minimum absolute atomic E-state index is 0.0421.